The van der Waals surface area contributed by atoms with Crippen LogP contribution in [0.4, 0.5) is 5.69 Å². The molecule has 5 heteroatoms. The number of carboxylic acid groups (broad SMARTS) is 1. The second-order valence-corrected chi connectivity index (χ2v) is 8.10. The lowest BCUT2D eigenvalue weighted by Crippen LogP contribution is -2.24. The topological polar surface area (TPSA) is 66.8 Å². The van der Waals surface area contributed by atoms with Crippen molar-refractivity contribution in [2.45, 2.75) is 50.4 Å². The molecule has 1 N–H and O–H groups in total. The molecule has 1 aliphatic heterocycles. The van der Waals surface area contributed by atoms with E-state index < -0.39 is 5.97 Å². The van der Waals surface area contributed by atoms with Gasteiger partial charge in [0.2, 0.25) is 5.91 Å². The molecule has 0 bridgehead atoms. The first-order valence-corrected chi connectivity index (χ1v) is 10.4. The first-order valence-electron chi connectivity index (χ1n) is 10.4. The van der Waals surface area contributed by atoms with Gasteiger partial charge in [0.25, 0.3) is 0 Å². The quantitative estimate of drug-likeness (QED) is 0.779. The summed E-state index contributed by atoms with van der Waals surface area (Å²) in [5.41, 5.74) is 3.38. The standard InChI is InChI=1S/C24H27NO4/c1-29-22-13-18(9-12-21(22)24(27)28)19-14-23(26)25(15-19)20-10-7-17(8-11-20)16-5-3-2-4-6-16/h7-13,16,19H,2-6,14-15H2,1H3,(H,27,28). The summed E-state index contributed by atoms with van der Waals surface area (Å²) in [6.07, 6.45) is 6.90. The van der Waals surface area contributed by atoms with E-state index in [0.29, 0.717) is 24.6 Å². The van der Waals surface area contributed by atoms with Gasteiger partial charge in [-0.2, -0.15) is 0 Å². The molecule has 4 rings (SSSR count). The monoisotopic (exact) mass is 393 g/mol. The summed E-state index contributed by atoms with van der Waals surface area (Å²) < 4.78 is 5.24. The molecule has 1 heterocycles. The smallest absolute Gasteiger partial charge is 0.339 e. The number of hydrogen-bond donors (Lipinski definition) is 1. The minimum atomic E-state index is -1.02. The van der Waals surface area contributed by atoms with Crippen LogP contribution in [0.25, 0.3) is 0 Å². The van der Waals surface area contributed by atoms with Crippen LogP contribution in [0.3, 0.4) is 0 Å². The molecule has 1 aliphatic carbocycles. The Hall–Kier alpha value is -2.82. The number of benzene rings is 2. The number of carbonyl (C=O) groups excluding carboxylic acids is 1. The van der Waals surface area contributed by atoms with Gasteiger partial charge < -0.3 is 14.7 Å². The lowest BCUT2D eigenvalue weighted by Gasteiger charge is -2.23. The van der Waals surface area contributed by atoms with Crippen LogP contribution in [0.2, 0.25) is 0 Å². The maximum Gasteiger partial charge on any atom is 0.339 e. The van der Waals surface area contributed by atoms with E-state index in [0.717, 1.165) is 11.3 Å². The van der Waals surface area contributed by atoms with Crippen molar-refractivity contribution in [2.75, 3.05) is 18.6 Å². The number of amides is 1. The molecule has 2 aromatic carbocycles. The number of aromatic carboxylic acids is 1. The first kappa shape index (κ1) is 19.5. The molecule has 152 valence electrons. The molecule has 2 fully saturated rings. The molecule has 0 aromatic heterocycles. The normalized spacial score (nSPS) is 20.1. The third-order valence-electron chi connectivity index (χ3n) is 6.33. The van der Waals surface area contributed by atoms with Crippen LogP contribution in [-0.4, -0.2) is 30.6 Å². The van der Waals surface area contributed by atoms with Crippen LogP contribution in [0.5, 0.6) is 5.75 Å². The Morgan fingerprint density at radius 1 is 1.00 bits per heavy atom. The molecular weight excluding hydrogens is 366 g/mol. The van der Waals surface area contributed by atoms with E-state index in [1.165, 1.54) is 44.8 Å². The van der Waals surface area contributed by atoms with Crippen molar-refractivity contribution in [2.24, 2.45) is 0 Å². The zero-order valence-corrected chi connectivity index (χ0v) is 16.8. The van der Waals surface area contributed by atoms with Gasteiger partial charge >= 0.3 is 5.97 Å². The van der Waals surface area contributed by atoms with E-state index in [1.807, 2.05) is 4.90 Å². The van der Waals surface area contributed by atoms with Crippen molar-refractivity contribution >= 4 is 17.6 Å². The highest BCUT2D eigenvalue weighted by molar-refractivity contribution is 5.96. The lowest BCUT2D eigenvalue weighted by atomic mass is 9.84. The van der Waals surface area contributed by atoms with Crippen molar-refractivity contribution in [1.82, 2.24) is 0 Å². The van der Waals surface area contributed by atoms with Crippen molar-refractivity contribution < 1.29 is 19.4 Å². The van der Waals surface area contributed by atoms with Crippen LogP contribution >= 0.6 is 0 Å². The average Bonchev–Trinajstić information content (AvgIpc) is 3.15. The highest BCUT2D eigenvalue weighted by atomic mass is 16.5. The van der Waals surface area contributed by atoms with Crippen LogP contribution in [0, 0.1) is 0 Å². The van der Waals surface area contributed by atoms with E-state index in [9.17, 15) is 14.7 Å². The summed E-state index contributed by atoms with van der Waals surface area (Å²) in [7, 11) is 1.46. The van der Waals surface area contributed by atoms with Crippen LogP contribution < -0.4 is 9.64 Å². The molecule has 1 saturated carbocycles. The van der Waals surface area contributed by atoms with Gasteiger partial charge in [0, 0.05) is 24.6 Å². The number of anilines is 1. The molecule has 1 amide bonds. The average molecular weight is 393 g/mol. The maximum atomic E-state index is 12.7. The molecule has 1 unspecified atom stereocenters. The van der Waals surface area contributed by atoms with Crippen molar-refractivity contribution in [1.29, 1.82) is 0 Å². The Balaban J connectivity index is 1.50. The number of hydrogen-bond acceptors (Lipinski definition) is 3. The van der Waals surface area contributed by atoms with Gasteiger partial charge in [0.15, 0.2) is 0 Å². The highest BCUT2D eigenvalue weighted by Crippen LogP contribution is 2.36. The summed E-state index contributed by atoms with van der Waals surface area (Å²) in [4.78, 5) is 25.8. The van der Waals surface area contributed by atoms with Gasteiger partial charge in [0.05, 0.1) is 7.11 Å². The molecule has 1 atom stereocenters. The Bertz CT molecular complexity index is 900. The fourth-order valence-corrected chi connectivity index (χ4v) is 4.68. The fourth-order valence-electron chi connectivity index (χ4n) is 4.68. The Labute approximate surface area is 171 Å². The van der Waals surface area contributed by atoms with Crippen molar-refractivity contribution in [3.63, 3.8) is 0 Å². The highest BCUT2D eigenvalue weighted by Gasteiger charge is 2.32. The second-order valence-electron chi connectivity index (χ2n) is 8.10. The van der Waals surface area contributed by atoms with Gasteiger partial charge in [0.1, 0.15) is 11.3 Å². The molecule has 2 aliphatic rings. The largest absolute Gasteiger partial charge is 0.496 e. The van der Waals surface area contributed by atoms with E-state index in [2.05, 4.69) is 24.3 Å². The first-order chi connectivity index (χ1) is 14.1. The molecule has 0 spiro atoms. The Morgan fingerprint density at radius 2 is 1.69 bits per heavy atom. The van der Waals surface area contributed by atoms with Crippen molar-refractivity contribution in [3.8, 4) is 5.75 Å². The number of nitrogens with zero attached hydrogens (tertiary/aromatic N) is 1. The summed E-state index contributed by atoms with van der Waals surface area (Å²) >= 11 is 0. The van der Waals surface area contributed by atoms with E-state index >= 15 is 0 Å². The third kappa shape index (κ3) is 4.00. The number of ether oxygens (including phenoxy) is 1. The second kappa shape index (κ2) is 8.27. The fraction of sp³-hybridized carbons (Fsp3) is 0.417. The number of carbonyl (C=O) groups is 2. The molecular formula is C24H27NO4. The van der Waals surface area contributed by atoms with Crippen molar-refractivity contribution in [3.05, 3.63) is 59.2 Å². The molecule has 5 nitrogen and oxygen atoms in total. The zero-order chi connectivity index (χ0) is 20.4. The van der Waals surface area contributed by atoms with E-state index in [-0.39, 0.29) is 17.4 Å². The summed E-state index contributed by atoms with van der Waals surface area (Å²) in [6.45, 7) is 0.594. The van der Waals surface area contributed by atoms with Gasteiger partial charge in [-0.1, -0.05) is 37.5 Å². The molecule has 2 aromatic rings. The predicted octanol–water partition coefficient (Wildman–Crippen LogP) is 4.96. The SMILES string of the molecule is COc1cc(C2CC(=O)N(c3ccc(C4CCCCC4)cc3)C2)ccc1C(=O)O. The molecule has 0 radical (unpaired) electrons. The maximum absolute atomic E-state index is 12.7. The predicted molar refractivity (Wildman–Crippen MR) is 112 cm³/mol. The number of carboxylic acids is 1. The minimum Gasteiger partial charge on any atom is -0.496 e. The van der Waals surface area contributed by atoms with E-state index in [4.69, 9.17) is 4.74 Å². The van der Waals surface area contributed by atoms with Gasteiger partial charge in [-0.15, -0.1) is 0 Å². The zero-order valence-electron chi connectivity index (χ0n) is 16.8. The summed E-state index contributed by atoms with van der Waals surface area (Å²) in [5.74, 6) is 0.0901. The minimum absolute atomic E-state index is 0.0252. The lowest BCUT2D eigenvalue weighted by molar-refractivity contribution is -0.117. The number of methoxy groups -OCH3 is 1. The van der Waals surface area contributed by atoms with Gasteiger partial charge in [-0.05, 0) is 54.2 Å². The Kier molecular flexibility index (Phi) is 5.56. The van der Waals surface area contributed by atoms with Gasteiger partial charge in [-0.3, -0.25) is 4.79 Å². The number of rotatable bonds is 5. The van der Waals surface area contributed by atoms with Gasteiger partial charge in [-0.25, -0.2) is 4.79 Å². The van der Waals surface area contributed by atoms with E-state index in [1.54, 1.807) is 18.2 Å². The third-order valence-corrected chi connectivity index (χ3v) is 6.33. The summed E-state index contributed by atoms with van der Waals surface area (Å²) in [5, 5.41) is 9.26. The van der Waals surface area contributed by atoms with Crippen LogP contribution in [-0.2, 0) is 4.79 Å². The molecule has 1 saturated heterocycles. The molecule has 29 heavy (non-hydrogen) atoms. The van der Waals surface area contributed by atoms with Crippen LogP contribution in [0.1, 0.15) is 71.8 Å². The summed E-state index contributed by atoms with van der Waals surface area (Å²) in [6, 6.07) is 13.6. The van der Waals surface area contributed by atoms with Crippen LogP contribution in [0.15, 0.2) is 42.5 Å². The Morgan fingerprint density at radius 3 is 2.34 bits per heavy atom.